The number of amidine groups is 1. The van der Waals surface area contributed by atoms with Crippen LogP contribution in [-0.4, -0.2) is 53.4 Å². The molecule has 0 radical (unpaired) electrons. The predicted molar refractivity (Wildman–Crippen MR) is 128 cm³/mol. The molecule has 0 bridgehead atoms. The highest BCUT2D eigenvalue weighted by atomic mass is 32.2. The Morgan fingerprint density at radius 3 is 2.74 bits per heavy atom. The molecule has 2 heterocycles. The van der Waals surface area contributed by atoms with Gasteiger partial charge in [0.25, 0.3) is 5.91 Å². The number of halogens is 1. The molecule has 1 aromatic rings. The first kappa shape index (κ1) is 22.7. The summed E-state index contributed by atoms with van der Waals surface area (Å²) >= 11 is 1.51. The van der Waals surface area contributed by atoms with Crippen molar-refractivity contribution in [3.8, 4) is 0 Å². The normalized spacial score (nSPS) is 24.5. The second kappa shape index (κ2) is 9.92. The van der Waals surface area contributed by atoms with Crippen LogP contribution in [0.25, 0.3) is 0 Å². The second-order valence-electron chi connectivity index (χ2n) is 7.44. The lowest BCUT2D eigenvalue weighted by atomic mass is 9.82. The molecule has 2 N–H and O–H groups in total. The van der Waals surface area contributed by atoms with Gasteiger partial charge >= 0.3 is 0 Å². The van der Waals surface area contributed by atoms with E-state index in [1.54, 1.807) is 31.2 Å². The fraction of sp³-hybridized carbons (Fsp3) is 0.292. The van der Waals surface area contributed by atoms with Gasteiger partial charge in [-0.05, 0) is 24.6 Å². The van der Waals surface area contributed by atoms with E-state index in [4.69, 9.17) is 10.7 Å². The lowest BCUT2D eigenvalue weighted by Gasteiger charge is -2.34. The van der Waals surface area contributed by atoms with Gasteiger partial charge in [0, 0.05) is 36.4 Å². The largest absolute Gasteiger partial charge is 0.379 e. The molecule has 31 heavy (non-hydrogen) atoms. The van der Waals surface area contributed by atoms with Gasteiger partial charge in [-0.2, -0.15) is 4.39 Å². The smallest absolute Gasteiger partial charge is 0.253 e. The summed E-state index contributed by atoms with van der Waals surface area (Å²) in [7, 11) is 1.41. The minimum absolute atomic E-state index is 0.0168. The highest BCUT2D eigenvalue weighted by molar-refractivity contribution is 8.13. The van der Waals surface area contributed by atoms with Gasteiger partial charge in [0.05, 0.1) is 6.54 Å². The van der Waals surface area contributed by atoms with Gasteiger partial charge in [0.1, 0.15) is 5.54 Å². The number of benzene rings is 1. The van der Waals surface area contributed by atoms with Gasteiger partial charge in [0.2, 0.25) is 5.97 Å². The quantitative estimate of drug-likeness (QED) is 0.535. The third kappa shape index (κ3) is 4.88. The molecule has 1 amide bonds. The lowest BCUT2D eigenvalue weighted by Crippen LogP contribution is -2.43. The van der Waals surface area contributed by atoms with Crippen molar-refractivity contribution in [3.63, 3.8) is 0 Å². The summed E-state index contributed by atoms with van der Waals surface area (Å²) in [6.45, 7) is 7.04. The zero-order valence-corrected chi connectivity index (χ0v) is 18.6. The number of fused-ring (bicyclic) bond motifs is 1. The number of allylic oxidation sites excluding steroid dienone is 5. The van der Waals surface area contributed by atoms with Crippen LogP contribution in [0.3, 0.4) is 0 Å². The maximum atomic E-state index is 13.7. The summed E-state index contributed by atoms with van der Waals surface area (Å²) in [5.41, 5.74) is 7.27. The van der Waals surface area contributed by atoms with Crippen molar-refractivity contribution >= 4 is 28.8 Å². The monoisotopic (exact) mass is 438 g/mol. The van der Waals surface area contributed by atoms with Crippen LogP contribution in [0.4, 0.5) is 4.39 Å². The number of rotatable bonds is 6. The van der Waals surface area contributed by atoms with Crippen LogP contribution < -0.4 is 5.73 Å². The first-order valence-electron chi connectivity index (χ1n) is 10.1. The number of thioether (sulfide) groups is 1. The molecule has 7 heteroatoms. The first-order valence-corrected chi connectivity index (χ1v) is 11.1. The molecule has 0 spiro atoms. The molecule has 2 atom stereocenters. The van der Waals surface area contributed by atoms with Crippen molar-refractivity contribution in [1.82, 2.24) is 4.90 Å². The maximum absolute atomic E-state index is 13.7. The van der Waals surface area contributed by atoms with E-state index in [1.807, 2.05) is 41.3 Å². The number of aliphatic imine (C=N–C) groups is 2. The van der Waals surface area contributed by atoms with Crippen molar-refractivity contribution in [2.75, 3.05) is 25.9 Å². The number of likely N-dealkylation sites (tertiary alicyclic amines) is 1. The van der Waals surface area contributed by atoms with Gasteiger partial charge in [-0.15, -0.1) is 0 Å². The van der Waals surface area contributed by atoms with Crippen LogP contribution in [0.15, 0.2) is 88.4 Å². The Kier molecular flexibility index (Phi) is 7.28. The number of nitrogens with two attached hydrogens (primary N) is 1. The zero-order chi connectivity index (χ0) is 22.4. The summed E-state index contributed by atoms with van der Waals surface area (Å²) in [4.78, 5) is 23.2. The number of carbonyl (C=O) groups excluding carboxylic acids is 1. The topological polar surface area (TPSA) is 71.0 Å². The van der Waals surface area contributed by atoms with Gasteiger partial charge < -0.3 is 10.6 Å². The summed E-state index contributed by atoms with van der Waals surface area (Å²) < 4.78 is 13.7. The number of hydrogen-bond acceptors (Lipinski definition) is 5. The van der Waals surface area contributed by atoms with Crippen LogP contribution >= 0.6 is 11.8 Å². The molecule has 2 aliphatic heterocycles. The molecule has 1 fully saturated rings. The fourth-order valence-corrected chi connectivity index (χ4v) is 4.86. The maximum Gasteiger partial charge on any atom is 0.253 e. The first-order chi connectivity index (χ1) is 14.9. The van der Waals surface area contributed by atoms with Gasteiger partial charge in [-0.1, -0.05) is 66.9 Å². The number of amides is 1. The predicted octanol–water partition coefficient (Wildman–Crippen LogP) is 4.17. The van der Waals surface area contributed by atoms with Crippen molar-refractivity contribution in [1.29, 1.82) is 0 Å². The van der Waals surface area contributed by atoms with E-state index >= 15 is 0 Å². The average molecular weight is 439 g/mol. The molecule has 1 aromatic carbocycles. The van der Waals surface area contributed by atoms with Crippen molar-refractivity contribution in [2.45, 2.75) is 12.5 Å². The SMILES string of the molecule is C=C(\C=C/C=C/C(=C/C)C(F)=NC)[C@]12CN(C(=O)c3ccccc3)C[C@H]1CSC(N)=N2. The highest BCUT2D eigenvalue weighted by Gasteiger charge is 2.51. The zero-order valence-electron chi connectivity index (χ0n) is 17.8. The third-order valence-electron chi connectivity index (χ3n) is 5.58. The Labute approximate surface area is 187 Å². The Balaban J connectivity index is 1.81. The van der Waals surface area contributed by atoms with E-state index in [9.17, 15) is 9.18 Å². The Hall–Kier alpha value is -2.93. The number of nitrogens with zero attached hydrogens (tertiary/aromatic N) is 3. The van der Waals surface area contributed by atoms with E-state index in [-0.39, 0.29) is 11.8 Å². The summed E-state index contributed by atoms with van der Waals surface area (Å²) in [6, 6.07) is 9.25. The van der Waals surface area contributed by atoms with E-state index in [0.29, 0.717) is 29.4 Å². The molecule has 3 rings (SSSR count). The Morgan fingerprint density at radius 1 is 1.35 bits per heavy atom. The molecule has 5 nitrogen and oxygen atoms in total. The summed E-state index contributed by atoms with van der Waals surface area (Å²) in [5, 5.41) is 0.507. The Morgan fingerprint density at radius 2 is 2.06 bits per heavy atom. The van der Waals surface area contributed by atoms with Crippen LogP contribution in [0.5, 0.6) is 0 Å². The molecule has 0 aromatic heterocycles. The number of hydrogen-bond donors (Lipinski definition) is 1. The molecular weight excluding hydrogens is 411 g/mol. The van der Waals surface area contributed by atoms with Gasteiger partial charge in [-0.3, -0.25) is 9.79 Å². The molecule has 0 aliphatic carbocycles. The molecule has 2 aliphatic rings. The third-order valence-corrected chi connectivity index (χ3v) is 6.54. The van der Waals surface area contributed by atoms with E-state index in [0.717, 1.165) is 11.3 Å². The average Bonchev–Trinajstić information content (AvgIpc) is 3.18. The lowest BCUT2D eigenvalue weighted by molar-refractivity contribution is 0.0784. The molecular formula is C24H27FN4OS. The van der Waals surface area contributed by atoms with Crippen LogP contribution in [0.2, 0.25) is 0 Å². The minimum atomic E-state index is -0.649. The van der Waals surface area contributed by atoms with Crippen molar-refractivity contribution in [2.24, 2.45) is 21.6 Å². The number of carbonyl (C=O) groups is 1. The van der Waals surface area contributed by atoms with Crippen molar-refractivity contribution < 1.29 is 9.18 Å². The molecule has 0 unspecified atom stereocenters. The standard InChI is InChI=1S/C24H27FN4OS/c1-4-18(21(25)27-3)11-9-8-10-17(2)24-16-29(14-20(24)15-31-23(26)28-24)22(30)19-12-6-5-7-13-19/h4-13,20H,2,14-16H2,1,3H3,(H2,26,28)/b10-8-,11-9+,18-4-,27-21?/t20-,24+/m0/s1. The van der Waals surface area contributed by atoms with Crippen molar-refractivity contribution in [3.05, 3.63) is 84.0 Å². The van der Waals surface area contributed by atoms with E-state index in [2.05, 4.69) is 11.6 Å². The van der Waals surface area contributed by atoms with E-state index in [1.165, 1.54) is 18.8 Å². The van der Waals surface area contributed by atoms with Crippen LogP contribution in [-0.2, 0) is 0 Å². The van der Waals surface area contributed by atoms with E-state index < -0.39 is 11.5 Å². The highest BCUT2D eigenvalue weighted by Crippen LogP contribution is 2.43. The summed E-state index contributed by atoms with van der Waals surface area (Å²) in [5.74, 6) is 0.362. The minimum Gasteiger partial charge on any atom is -0.379 e. The molecule has 0 saturated carbocycles. The summed E-state index contributed by atoms with van der Waals surface area (Å²) in [6.07, 6.45) is 8.71. The fourth-order valence-electron chi connectivity index (χ4n) is 3.88. The van der Waals surface area contributed by atoms with Crippen LogP contribution in [0, 0.1) is 5.92 Å². The second-order valence-corrected chi connectivity index (χ2v) is 8.48. The molecule has 1 saturated heterocycles. The van der Waals surface area contributed by atoms with Gasteiger partial charge in [-0.25, -0.2) is 4.99 Å². The van der Waals surface area contributed by atoms with Gasteiger partial charge in [0.15, 0.2) is 5.17 Å². The molecule has 162 valence electrons. The van der Waals surface area contributed by atoms with Crippen LogP contribution in [0.1, 0.15) is 17.3 Å². The Bertz CT molecular complexity index is 996.